The average Bonchev–Trinajstić information content (AvgIpc) is 4.07. The maximum atomic E-state index is 17.0. The number of pyridine rings is 1. The average molecular weight is 961 g/mol. The van der Waals surface area contributed by atoms with Crippen molar-refractivity contribution in [1.82, 2.24) is 45.2 Å². The number of aromatic nitrogens is 5. The van der Waals surface area contributed by atoms with E-state index >= 15 is 4.39 Å². The summed E-state index contributed by atoms with van der Waals surface area (Å²) < 4.78 is 40.5. The predicted molar refractivity (Wildman–Crippen MR) is 270 cm³/mol. The lowest BCUT2D eigenvalue weighted by molar-refractivity contribution is -0.120. The van der Waals surface area contributed by atoms with Crippen molar-refractivity contribution in [2.24, 2.45) is 17.9 Å². The highest BCUT2D eigenvalue weighted by molar-refractivity contribution is 6.02. The molecule has 3 aromatic carbocycles. The van der Waals surface area contributed by atoms with Gasteiger partial charge in [-0.1, -0.05) is 42.3 Å². The van der Waals surface area contributed by atoms with Gasteiger partial charge >= 0.3 is 6.01 Å². The second kappa shape index (κ2) is 18.2. The highest BCUT2D eigenvalue weighted by Crippen LogP contribution is 2.53. The number of piperazine rings is 1. The Bertz CT molecular complexity index is 3090. The van der Waals surface area contributed by atoms with E-state index in [1.165, 1.54) is 37.3 Å². The molecule has 3 atom stereocenters. The number of likely N-dealkylation sites (tertiary alicyclic amines) is 2. The number of anilines is 1. The fourth-order valence-corrected chi connectivity index (χ4v) is 13.0. The maximum absolute atomic E-state index is 17.0. The van der Waals surface area contributed by atoms with Crippen molar-refractivity contribution < 1.29 is 23.1 Å². The van der Waals surface area contributed by atoms with E-state index in [2.05, 4.69) is 54.4 Å². The summed E-state index contributed by atoms with van der Waals surface area (Å²) >= 11 is 0. The zero-order valence-electron chi connectivity index (χ0n) is 40.7. The van der Waals surface area contributed by atoms with Crippen LogP contribution in [0.2, 0.25) is 0 Å². The van der Waals surface area contributed by atoms with Crippen LogP contribution in [-0.2, 0) is 16.6 Å². The van der Waals surface area contributed by atoms with Crippen LogP contribution in [0.1, 0.15) is 99.3 Å². The van der Waals surface area contributed by atoms with E-state index in [1.807, 2.05) is 17.8 Å². The first kappa shape index (κ1) is 46.0. The van der Waals surface area contributed by atoms with E-state index in [-0.39, 0.29) is 34.1 Å². The maximum Gasteiger partial charge on any atom is 0.319 e. The van der Waals surface area contributed by atoms with Crippen LogP contribution in [0.25, 0.3) is 43.8 Å². The first-order chi connectivity index (χ1) is 34.5. The van der Waals surface area contributed by atoms with Crippen LogP contribution < -0.4 is 20.3 Å². The molecule has 8 heterocycles. The first-order valence-electron chi connectivity index (χ1n) is 25.8. The molecule has 6 aromatic rings. The molecule has 71 heavy (non-hydrogen) atoms. The number of piperidine rings is 3. The summed E-state index contributed by atoms with van der Waals surface area (Å²) in [5, 5.41) is 13.6. The Morgan fingerprint density at radius 1 is 1.01 bits per heavy atom. The summed E-state index contributed by atoms with van der Waals surface area (Å²) in [5.41, 5.74) is 4.27. The van der Waals surface area contributed by atoms with Gasteiger partial charge < -0.3 is 34.9 Å². The molecule has 3 aromatic heterocycles. The zero-order chi connectivity index (χ0) is 48.6. The van der Waals surface area contributed by atoms with Crippen LogP contribution in [0, 0.1) is 34.8 Å². The molecule has 3 unspecified atom stereocenters. The van der Waals surface area contributed by atoms with Gasteiger partial charge in [0, 0.05) is 86.2 Å². The van der Waals surface area contributed by atoms with Crippen molar-refractivity contribution in [3.05, 3.63) is 83.2 Å². The molecule has 2 aliphatic carbocycles. The number of nitrogens with one attached hydrogen (secondary N) is 2. The number of nitrogens with zero attached hydrogens (tertiary/aromatic N) is 8. The molecule has 1 amide bonds. The summed E-state index contributed by atoms with van der Waals surface area (Å²) in [6.07, 6.45) is 19.7. The van der Waals surface area contributed by atoms with Gasteiger partial charge in [-0.15, -0.1) is 6.42 Å². The quantitative estimate of drug-likeness (QED) is 0.0825. The molecule has 5 aliphatic heterocycles. The van der Waals surface area contributed by atoms with Crippen LogP contribution in [0.5, 0.6) is 6.01 Å². The lowest BCUT2D eigenvalue weighted by Crippen LogP contribution is -2.67. The van der Waals surface area contributed by atoms with Gasteiger partial charge in [-0.25, -0.2) is 8.78 Å². The molecular formula is C56H62F2N10O3. The monoisotopic (exact) mass is 960 g/mol. The largest absolute Gasteiger partial charge is 0.463 e. The summed E-state index contributed by atoms with van der Waals surface area (Å²) in [7, 11) is 3.56. The smallest absolute Gasteiger partial charge is 0.319 e. The molecule has 2 saturated carbocycles. The number of aryl methyl sites for hydroxylation is 1. The minimum Gasteiger partial charge on any atom is -0.463 e. The van der Waals surface area contributed by atoms with Crippen molar-refractivity contribution in [3.8, 4) is 29.6 Å². The van der Waals surface area contributed by atoms with Gasteiger partial charge in [0.15, 0.2) is 5.82 Å². The molecule has 0 radical (unpaired) electrons. The van der Waals surface area contributed by atoms with Crippen molar-refractivity contribution >= 4 is 50.6 Å². The Morgan fingerprint density at radius 2 is 1.79 bits per heavy atom. The Kier molecular flexibility index (Phi) is 11.8. The normalized spacial score (nSPS) is 22.5. The fraction of sp³-hybridized carbons (Fsp3) is 0.500. The van der Waals surface area contributed by atoms with Gasteiger partial charge in [0.05, 0.1) is 34.7 Å². The van der Waals surface area contributed by atoms with Gasteiger partial charge in [0.1, 0.15) is 29.1 Å². The first-order valence-corrected chi connectivity index (χ1v) is 25.8. The predicted octanol–water partition coefficient (Wildman–Crippen LogP) is 7.63. The summed E-state index contributed by atoms with van der Waals surface area (Å²) in [4.78, 5) is 45.9. The molecule has 2 bridgehead atoms. The third-order valence-corrected chi connectivity index (χ3v) is 17.4. The second-order valence-corrected chi connectivity index (χ2v) is 21.9. The molecule has 1 spiro atoms. The molecule has 5 saturated heterocycles. The number of carbonyl (C=O) groups excluding carboxylic acids is 2. The molecule has 7 fully saturated rings. The van der Waals surface area contributed by atoms with E-state index in [0.717, 1.165) is 101 Å². The summed E-state index contributed by atoms with van der Waals surface area (Å²) in [6, 6.07) is 16.5. The number of hydrogen-bond donors (Lipinski definition) is 2. The standard InChI is InChI=1S/C56H62F2N10O3/c1-4-41-45(57)12-9-35-6-5-7-43(48(35)41)51-49(58)52-44(28-60-51)53(68-29-38-25-39(30-68)61-38)63-54(62-52)71-33-56(16-17-56)32-66-22-18-55(19-23-66)26-40(27-55)67-20-14-34(15-21-67)36-8-11-42-46(24-36)65(3)64-50(42)37(31-69)10-13-47(70)59-2/h1,5-9,11-12,24,28,31,34,37-40,61H,10,13-23,25-27,29-30,32-33H2,2-3H3,(H,59,70). The third kappa shape index (κ3) is 8.49. The van der Waals surface area contributed by atoms with Crippen LogP contribution in [0.4, 0.5) is 14.6 Å². The Morgan fingerprint density at radius 3 is 2.51 bits per heavy atom. The van der Waals surface area contributed by atoms with E-state index in [9.17, 15) is 14.0 Å². The number of hydrogen-bond acceptors (Lipinski definition) is 11. The SMILES string of the molecule is C#Cc1c(F)ccc2cccc(-c3ncc4c(N5CC6CC(C5)N6)nc(OCC5(CN6CCC7(CC6)CC(N6CCC(c8ccc9c(C(C=O)CCC(=O)NC)nn(C)c9c8)CC6)C7)CC5)nc4c3F)c12. The minimum atomic E-state index is -0.611. The lowest BCUT2D eigenvalue weighted by atomic mass is 9.59. The molecule has 15 heteroatoms. The number of terminal acetylenes is 1. The molecule has 368 valence electrons. The molecule has 13 nitrogen and oxygen atoms in total. The fourth-order valence-electron chi connectivity index (χ4n) is 13.0. The van der Waals surface area contributed by atoms with Crippen LogP contribution >= 0.6 is 0 Å². The van der Waals surface area contributed by atoms with E-state index in [0.29, 0.717) is 76.4 Å². The molecule has 13 rings (SSSR count). The van der Waals surface area contributed by atoms with E-state index < -0.39 is 17.6 Å². The third-order valence-electron chi connectivity index (χ3n) is 17.4. The van der Waals surface area contributed by atoms with Gasteiger partial charge in [-0.3, -0.25) is 14.5 Å². The van der Waals surface area contributed by atoms with Crippen molar-refractivity contribution in [2.45, 2.75) is 101 Å². The van der Waals surface area contributed by atoms with Crippen LogP contribution in [0.15, 0.2) is 54.7 Å². The summed E-state index contributed by atoms with van der Waals surface area (Å²) in [6.45, 7) is 7.37. The number of amides is 1. The Hall–Kier alpha value is -6.08. The number of halogens is 2. The van der Waals surface area contributed by atoms with Crippen molar-refractivity contribution in [2.75, 3.05) is 64.4 Å². The van der Waals surface area contributed by atoms with E-state index in [1.54, 1.807) is 31.4 Å². The van der Waals surface area contributed by atoms with Gasteiger partial charge in [-0.2, -0.15) is 15.1 Å². The number of fused-ring (bicyclic) bond motifs is 5. The summed E-state index contributed by atoms with van der Waals surface area (Å²) in [5.74, 6) is 1.97. The lowest BCUT2D eigenvalue weighted by Gasteiger charge is -2.56. The number of ether oxygens (including phenoxy) is 1. The number of rotatable bonds is 14. The number of benzene rings is 3. The molecule has 7 aliphatic rings. The highest BCUT2D eigenvalue weighted by Gasteiger charge is 2.51. The number of aldehydes is 1. The van der Waals surface area contributed by atoms with Gasteiger partial charge in [-0.05, 0) is 125 Å². The van der Waals surface area contributed by atoms with Crippen LogP contribution in [-0.4, -0.2) is 124 Å². The van der Waals surface area contributed by atoms with Crippen LogP contribution in [0.3, 0.4) is 0 Å². The minimum absolute atomic E-state index is 0.0159. The Labute approximate surface area is 413 Å². The molecular weight excluding hydrogens is 899 g/mol. The highest BCUT2D eigenvalue weighted by atomic mass is 19.1. The topological polar surface area (TPSA) is 134 Å². The van der Waals surface area contributed by atoms with Gasteiger partial charge in [0.25, 0.3) is 0 Å². The zero-order valence-corrected chi connectivity index (χ0v) is 40.7. The number of carbonyl (C=O) groups is 2. The van der Waals surface area contributed by atoms with Gasteiger partial charge in [0.2, 0.25) is 5.91 Å². The molecule has 2 N–H and O–H groups in total. The van der Waals surface area contributed by atoms with E-state index in [4.69, 9.17) is 26.2 Å². The van der Waals surface area contributed by atoms with Crippen molar-refractivity contribution in [3.63, 3.8) is 0 Å². The Balaban J connectivity index is 0.670. The van der Waals surface area contributed by atoms with Crippen molar-refractivity contribution in [1.29, 1.82) is 0 Å². The second-order valence-electron chi connectivity index (χ2n) is 21.9.